The summed E-state index contributed by atoms with van der Waals surface area (Å²) in [6.45, 7) is 34.0. The molecule has 0 bridgehead atoms. The molecule has 270 valence electrons. The fraction of sp³-hybridized carbons (Fsp3) is 0.892. The van der Waals surface area contributed by atoms with E-state index in [1.807, 2.05) is 32.6 Å². The molecule has 0 aliphatic rings. The van der Waals surface area contributed by atoms with E-state index in [1.54, 1.807) is 4.90 Å². The second-order valence-corrected chi connectivity index (χ2v) is 34.6. The average Bonchev–Trinajstić information content (AvgIpc) is 2.90. The predicted octanol–water partition coefficient (Wildman–Crippen LogP) is 11.0. The van der Waals surface area contributed by atoms with Crippen LogP contribution in [0.4, 0.5) is 9.59 Å². The summed E-state index contributed by atoms with van der Waals surface area (Å²) in [4.78, 5) is 30.6. The van der Waals surface area contributed by atoms with Crippen LogP contribution in [0.1, 0.15) is 142 Å². The number of carbonyl (C=O) groups is 2. The second kappa shape index (κ2) is 21.2. The Hall–Kier alpha value is -0.924. The van der Waals surface area contributed by atoms with Crippen molar-refractivity contribution in [3.63, 3.8) is 0 Å². The summed E-state index contributed by atoms with van der Waals surface area (Å²) in [5.74, 6) is 3.25. The van der Waals surface area contributed by atoms with E-state index in [1.165, 1.54) is 13.3 Å². The first-order valence-corrected chi connectivity index (χ1v) is 29.0. The fourth-order valence-electron chi connectivity index (χ4n) is 6.14. The van der Waals surface area contributed by atoms with Crippen LogP contribution in [0, 0.1) is 12.0 Å². The van der Waals surface area contributed by atoms with Crippen molar-refractivity contribution in [2.45, 2.75) is 208 Å². The molecule has 0 heterocycles. The summed E-state index contributed by atoms with van der Waals surface area (Å²) in [6, 6.07) is 0.0475. The topological polar surface area (TPSA) is 68.3 Å². The first-order valence-electron chi connectivity index (χ1n) is 18.4. The molecule has 2 amide bonds. The molecular weight excluding hydrogens is 699 g/mol. The van der Waals surface area contributed by atoms with Crippen LogP contribution in [0.3, 0.4) is 0 Å². The quantitative estimate of drug-likeness (QED) is 0.0966. The minimum atomic E-state index is -3.19. The third kappa shape index (κ3) is 14.7. The van der Waals surface area contributed by atoms with Gasteiger partial charge in [0.05, 0.1) is 0 Å². The van der Waals surface area contributed by atoms with Crippen LogP contribution >= 0.6 is 0 Å². The monoisotopic (exact) mass is 774 g/mol. The van der Waals surface area contributed by atoms with E-state index in [0.29, 0.717) is 6.42 Å². The number of rotatable bonds is 19. The summed E-state index contributed by atoms with van der Waals surface area (Å²) >= 11 is -3.19. The van der Waals surface area contributed by atoms with Gasteiger partial charge in [-0.2, -0.15) is 0 Å². The molecule has 0 spiro atoms. The summed E-state index contributed by atoms with van der Waals surface area (Å²) in [7, 11) is -2.28. The normalized spacial score (nSPS) is 13.9. The van der Waals surface area contributed by atoms with E-state index in [4.69, 9.17) is 13.9 Å². The van der Waals surface area contributed by atoms with Crippen molar-refractivity contribution in [3.8, 4) is 12.0 Å². The molecule has 2 atom stereocenters. The number of amides is 2. The molecule has 0 unspecified atom stereocenters. The van der Waals surface area contributed by atoms with Crippen LogP contribution in [0.15, 0.2) is 0 Å². The molecule has 0 aromatic heterocycles. The van der Waals surface area contributed by atoms with E-state index in [2.05, 4.69) is 94.4 Å². The number of ether oxygens (including phenoxy) is 2. The molecule has 46 heavy (non-hydrogen) atoms. The van der Waals surface area contributed by atoms with Crippen molar-refractivity contribution < 1.29 is 23.5 Å². The Morgan fingerprint density at radius 3 is 1.46 bits per heavy atom. The van der Waals surface area contributed by atoms with E-state index >= 15 is 0 Å². The maximum atomic E-state index is 14.0. The zero-order valence-corrected chi connectivity index (χ0v) is 36.8. The second-order valence-electron chi connectivity index (χ2n) is 16.0. The zero-order chi connectivity index (χ0) is 35.9. The molecule has 0 aliphatic carbocycles. The molecule has 0 saturated heterocycles. The Morgan fingerprint density at radius 1 is 0.717 bits per heavy atom. The van der Waals surface area contributed by atoms with Crippen LogP contribution in [0.2, 0.25) is 31.4 Å². The Morgan fingerprint density at radius 2 is 1.11 bits per heavy atom. The molecule has 0 rings (SSSR count). The summed E-state index contributed by atoms with van der Waals surface area (Å²) in [5, 5.41) is -0.0407. The minimum absolute atomic E-state index is 0.00684. The standard InChI is InChI=1S/C25H47N2O5Si.3C4H9.Sn/c1-18(2)26(19(3)4)23(28)30-16-14-22(32-33(12,13)25(9,10)11)15-17-31-24(29)27(20(5)6)21(7)8;3*1-3-4-2;/h16,18-22H,14H2,1-13H3;3*1,3-4H2,2H3;/t22-;;;;/m1..../s1. The van der Waals surface area contributed by atoms with Crippen LogP contribution in [0.5, 0.6) is 0 Å². The third-order valence-corrected chi connectivity index (χ3v) is 30.6. The maximum absolute atomic E-state index is 14.0. The summed E-state index contributed by atoms with van der Waals surface area (Å²) in [6.07, 6.45) is 8.99. The zero-order valence-electron chi connectivity index (χ0n) is 33.0. The van der Waals surface area contributed by atoms with Gasteiger partial charge in [-0.25, -0.2) is 0 Å². The summed E-state index contributed by atoms with van der Waals surface area (Å²) < 4.78 is 22.7. The first kappa shape index (κ1) is 45.1. The van der Waals surface area contributed by atoms with E-state index in [-0.39, 0.29) is 39.4 Å². The van der Waals surface area contributed by atoms with Crippen molar-refractivity contribution in [3.05, 3.63) is 0 Å². The molecule has 0 aromatic carbocycles. The van der Waals surface area contributed by atoms with Crippen LogP contribution in [0.25, 0.3) is 0 Å². The summed E-state index contributed by atoms with van der Waals surface area (Å²) in [5.41, 5.74) is 0. The molecule has 0 radical (unpaired) electrons. The van der Waals surface area contributed by atoms with E-state index < -0.39 is 38.9 Å². The number of nitrogens with zero attached hydrogens (tertiary/aromatic N) is 2. The van der Waals surface area contributed by atoms with Gasteiger partial charge in [0.1, 0.15) is 0 Å². The van der Waals surface area contributed by atoms with E-state index in [0.717, 1.165) is 38.5 Å². The number of carbonyl (C=O) groups excluding carboxylic acids is 2. The van der Waals surface area contributed by atoms with Crippen molar-refractivity contribution >= 4 is 38.9 Å². The molecule has 0 N–H and O–H groups in total. The fourth-order valence-corrected chi connectivity index (χ4v) is 24.4. The molecule has 0 aromatic rings. The van der Waals surface area contributed by atoms with Gasteiger partial charge in [0, 0.05) is 0 Å². The van der Waals surface area contributed by atoms with Crippen LogP contribution < -0.4 is 0 Å². The van der Waals surface area contributed by atoms with Gasteiger partial charge >= 0.3 is 292 Å². The van der Waals surface area contributed by atoms with Gasteiger partial charge in [-0.1, -0.05) is 0 Å². The SMILES string of the molecule is CCC[CH2][Sn]([CH2]CCC)([CH2]CCC)[C@@H](C[C@H](C#COC(=O)N(C(C)C)C(C)C)O[Si](C)(C)C(C)(C)C)OC(=O)N(C(C)C)C(C)C. The van der Waals surface area contributed by atoms with Gasteiger partial charge in [0.2, 0.25) is 0 Å². The molecule has 0 saturated carbocycles. The van der Waals surface area contributed by atoms with Crippen molar-refractivity contribution in [1.29, 1.82) is 0 Å². The molecule has 0 aliphatic heterocycles. The van der Waals surface area contributed by atoms with Crippen LogP contribution in [-0.4, -0.2) is 83.1 Å². The molecule has 9 heteroatoms. The van der Waals surface area contributed by atoms with Crippen molar-refractivity contribution in [2.75, 3.05) is 0 Å². The van der Waals surface area contributed by atoms with Crippen molar-refractivity contribution in [2.24, 2.45) is 0 Å². The van der Waals surface area contributed by atoms with Crippen LogP contribution in [-0.2, 0) is 13.9 Å². The van der Waals surface area contributed by atoms with Gasteiger partial charge in [-0.15, -0.1) is 0 Å². The molecular formula is C37H74N2O5SiSn. The van der Waals surface area contributed by atoms with E-state index in [9.17, 15) is 9.59 Å². The van der Waals surface area contributed by atoms with Gasteiger partial charge in [-0.3, -0.25) is 0 Å². The first-order chi connectivity index (χ1) is 21.2. The van der Waals surface area contributed by atoms with Gasteiger partial charge in [0.25, 0.3) is 0 Å². The Kier molecular flexibility index (Phi) is 20.8. The number of hydrogen-bond acceptors (Lipinski definition) is 5. The predicted molar refractivity (Wildman–Crippen MR) is 200 cm³/mol. The molecule has 0 fully saturated rings. The molecule has 7 nitrogen and oxygen atoms in total. The Balaban J connectivity index is 7.13. The van der Waals surface area contributed by atoms with Gasteiger partial charge in [0.15, 0.2) is 0 Å². The number of unbranched alkanes of at least 4 members (excludes halogenated alkanes) is 3. The number of hydrogen-bond donors (Lipinski definition) is 0. The van der Waals surface area contributed by atoms with Gasteiger partial charge in [-0.05, 0) is 0 Å². The third-order valence-electron chi connectivity index (χ3n) is 9.69. The average molecular weight is 774 g/mol. The van der Waals surface area contributed by atoms with Gasteiger partial charge < -0.3 is 0 Å². The Bertz CT molecular complexity index is 914. The Labute approximate surface area is 290 Å². The van der Waals surface area contributed by atoms with Crippen molar-refractivity contribution in [1.82, 2.24) is 9.80 Å².